The molecule has 0 unspecified atom stereocenters. The maximum absolute atomic E-state index is 13.1. The Morgan fingerprint density at radius 2 is 2.21 bits per heavy atom. The first kappa shape index (κ1) is 9.34. The topological polar surface area (TPSA) is 26.3 Å². The van der Waals surface area contributed by atoms with E-state index in [1.807, 2.05) is 0 Å². The molecule has 1 aromatic rings. The molecule has 0 saturated carbocycles. The van der Waals surface area contributed by atoms with Crippen molar-refractivity contribution in [3.05, 3.63) is 34.6 Å². The van der Waals surface area contributed by atoms with Crippen molar-refractivity contribution in [3.63, 3.8) is 0 Å². The van der Waals surface area contributed by atoms with Gasteiger partial charge in [0, 0.05) is 19.1 Å². The molecule has 3 heteroatoms. The third-order valence-corrected chi connectivity index (χ3v) is 2.51. The minimum absolute atomic E-state index is 0.0388. The van der Waals surface area contributed by atoms with E-state index in [0.717, 1.165) is 11.1 Å². The van der Waals surface area contributed by atoms with Crippen molar-refractivity contribution in [1.82, 2.24) is 0 Å². The average molecular weight is 194 g/mol. The quantitative estimate of drug-likeness (QED) is 0.720. The Kier molecular flexibility index (Phi) is 2.33. The molecule has 1 aliphatic rings. The van der Waals surface area contributed by atoms with E-state index in [2.05, 4.69) is 0 Å². The van der Waals surface area contributed by atoms with Crippen molar-refractivity contribution in [2.75, 3.05) is 7.11 Å². The Hall–Kier alpha value is -1.22. The van der Waals surface area contributed by atoms with Crippen LogP contribution in [0.4, 0.5) is 4.39 Å². The molecule has 0 N–H and O–H groups in total. The van der Waals surface area contributed by atoms with Crippen LogP contribution in [0.2, 0.25) is 0 Å². The number of hydrogen-bond acceptors (Lipinski definition) is 2. The van der Waals surface area contributed by atoms with Crippen LogP contribution < -0.4 is 0 Å². The molecular formula is C11H11FO2. The van der Waals surface area contributed by atoms with Crippen LogP contribution in [0.25, 0.3) is 0 Å². The molecule has 74 valence electrons. The van der Waals surface area contributed by atoms with Gasteiger partial charge in [0.05, 0.1) is 6.61 Å². The van der Waals surface area contributed by atoms with E-state index < -0.39 is 0 Å². The van der Waals surface area contributed by atoms with Gasteiger partial charge in [-0.1, -0.05) is 0 Å². The predicted molar refractivity (Wildman–Crippen MR) is 49.8 cm³/mol. The average Bonchev–Trinajstić information content (AvgIpc) is 2.49. The van der Waals surface area contributed by atoms with Gasteiger partial charge in [0.15, 0.2) is 5.78 Å². The van der Waals surface area contributed by atoms with Gasteiger partial charge in [-0.3, -0.25) is 4.79 Å². The van der Waals surface area contributed by atoms with E-state index in [0.29, 0.717) is 25.0 Å². The molecule has 0 radical (unpaired) electrons. The second kappa shape index (κ2) is 3.50. The summed E-state index contributed by atoms with van der Waals surface area (Å²) in [5.41, 5.74) is 2.30. The fourth-order valence-electron chi connectivity index (χ4n) is 1.89. The third kappa shape index (κ3) is 1.44. The monoisotopic (exact) mass is 194 g/mol. The van der Waals surface area contributed by atoms with Crippen LogP contribution in [0.1, 0.15) is 27.9 Å². The summed E-state index contributed by atoms with van der Waals surface area (Å²) in [5, 5.41) is 0. The van der Waals surface area contributed by atoms with Gasteiger partial charge in [0.25, 0.3) is 0 Å². The highest BCUT2D eigenvalue weighted by Crippen LogP contribution is 2.27. The lowest BCUT2D eigenvalue weighted by Gasteiger charge is -2.06. The summed E-state index contributed by atoms with van der Waals surface area (Å²) < 4.78 is 18.1. The van der Waals surface area contributed by atoms with E-state index in [1.165, 1.54) is 12.1 Å². The van der Waals surface area contributed by atoms with Gasteiger partial charge in [-0.15, -0.1) is 0 Å². The lowest BCUT2D eigenvalue weighted by molar-refractivity contribution is 0.0994. The zero-order chi connectivity index (χ0) is 10.1. The van der Waals surface area contributed by atoms with Crippen LogP contribution in [0.15, 0.2) is 12.1 Å². The number of carbonyl (C=O) groups excluding carboxylic acids is 1. The second-order valence-electron chi connectivity index (χ2n) is 3.45. The number of hydrogen-bond donors (Lipinski definition) is 0. The Morgan fingerprint density at radius 1 is 1.43 bits per heavy atom. The van der Waals surface area contributed by atoms with Crippen molar-refractivity contribution >= 4 is 5.78 Å². The number of Topliss-reactive ketones (excluding diaryl/α,β-unsaturated/α-hetero) is 1. The van der Waals surface area contributed by atoms with Crippen molar-refractivity contribution < 1.29 is 13.9 Å². The Morgan fingerprint density at radius 3 is 2.93 bits per heavy atom. The van der Waals surface area contributed by atoms with Gasteiger partial charge in [-0.2, -0.15) is 0 Å². The largest absolute Gasteiger partial charge is 0.380 e. The van der Waals surface area contributed by atoms with Gasteiger partial charge < -0.3 is 4.74 Å². The van der Waals surface area contributed by atoms with Crippen molar-refractivity contribution in [3.8, 4) is 0 Å². The van der Waals surface area contributed by atoms with Gasteiger partial charge in [0.1, 0.15) is 5.82 Å². The molecule has 14 heavy (non-hydrogen) atoms. The molecule has 0 bridgehead atoms. The summed E-state index contributed by atoms with van der Waals surface area (Å²) in [7, 11) is 1.56. The lowest BCUT2D eigenvalue weighted by Crippen LogP contribution is -1.98. The van der Waals surface area contributed by atoms with Crippen LogP contribution in [-0.4, -0.2) is 12.9 Å². The van der Waals surface area contributed by atoms with Gasteiger partial charge in [0.2, 0.25) is 0 Å². The minimum Gasteiger partial charge on any atom is -0.380 e. The summed E-state index contributed by atoms with van der Waals surface area (Å²) in [6.07, 6.45) is 1.21. The van der Waals surface area contributed by atoms with Crippen LogP contribution in [0, 0.1) is 5.82 Å². The van der Waals surface area contributed by atoms with E-state index in [4.69, 9.17) is 4.74 Å². The lowest BCUT2D eigenvalue weighted by atomic mass is 10.0. The summed E-state index contributed by atoms with van der Waals surface area (Å²) in [6.45, 7) is 0.368. The third-order valence-electron chi connectivity index (χ3n) is 2.51. The molecule has 0 aromatic heterocycles. The number of halogens is 1. The van der Waals surface area contributed by atoms with Crippen LogP contribution >= 0.6 is 0 Å². The molecule has 0 aliphatic heterocycles. The number of fused-ring (bicyclic) bond motifs is 1. The SMILES string of the molecule is COCc1cc(F)cc2c1CCC2=O. The number of rotatable bonds is 2. The zero-order valence-electron chi connectivity index (χ0n) is 7.97. The van der Waals surface area contributed by atoms with Gasteiger partial charge >= 0.3 is 0 Å². The molecule has 0 amide bonds. The van der Waals surface area contributed by atoms with E-state index in [9.17, 15) is 9.18 Å². The number of benzene rings is 1. The van der Waals surface area contributed by atoms with Crippen LogP contribution in [0.3, 0.4) is 0 Å². The van der Waals surface area contributed by atoms with E-state index >= 15 is 0 Å². The highest BCUT2D eigenvalue weighted by molar-refractivity contribution is 6.00. The second-order valence-corrected chi connectivity index (χ2v) is 3.45. The first-order valence-electron chi connectivity index (χ1n) is 4.56. The molecule has 2 nitrogen and oxygen atoms in total. The maximum atomic E-state index is 13.1. The summed E-state index contributed by atoms with van der Waals surface area (Å²) in [4.78, 5) is 11.4. The Labute approximate surface area is 81.7 Å². The first-order valence-corrected chi connectivity index (χ1v) is 4.56. The molecule has 0 spiro atoms. The van der Waals surface area contributed by atoms with E-state index in [1.54, 1.807) is 7.11 Å². The Balaban J connectivity index is 2.51. The molecule has 0 heterocycles. The number of carbonyl (C=O) groups is 1. The molecule has 1 aliphatic carbocycles. The van der Waals surface area contributed by atoms with Crippen LogP contribution in [-0.2, 0) is 17.8 Å². The van der Waals surface area contributed by atoms with Crippen LogP contribution in [0.5, 0.6) is 0 Å². The maximum Gasteiger partial charge on any atom is 0.163 e. The molecule has 2 rings (SSSR count). The molecule has 1 aromatic carbocycles. The van der Waals surface area contributed by atoms with Crippen molar-refractivity contribution in [2.45, 2.75) is 19.4 Å². The van der Waals surface area contributed by atoms with Gasteiger partial charge in [-0.05, 0) is 29.7 Å². The standard InChI is InChI=1S/C11H11FO2/c1-14-6-7-4-8(12)5-10-9(7)2-3-11(10)13/h4-5H,2-3,6H2,1H3. The fourth-order valence-corrected chi connectivity index (χ4v) is 1.89. The minimum atomic E-state index is -0.356. The molecular weight excluding hydrogens is 183 g/mol. The molecule has 0 fully saturated rings. The van der Waals surface area contributed by atoms with Crippen molar-refractivity contribution in [2.24, 2.45) is 0 Å². The summed E-state index contributed by atoms with van der Waals surface area (Å²) >= 11 is 0. The normalized spacial score (nSPS) is 14.6. The fraction of sp³-hybridized carbons (Fsp3) is 0.364. The summed E-state index contributed by atoms with van der Waals surface area (Å²) in [6, 6.07) is 2.77. The number of ether oxygens (including phenoxy) is 1. The first-order chi connectivity index (χ1) is 6.72. The highest BCUT2D eigenvalue weighted by atomic mass is 19.1. The predicted octanol–water partition coefficient (Wildman–Crippen LogP) is 2.10. The smallest absolute Gasteiger partial charge is 0.163 e. The molecule has 0 atom stereocenters. The zero-order valence-corrected chi connectivity index (χ0v) is 7.97. The van der Waals surface area contributed by atoms with Gasteiger partial charge in [-0.25, -0.2) is 4.39 Å². The van der Waals surface area contributed by atoms with E-state index in [-0.39, 0.29) is 11.6 Å². The highest BCUT2D eigenvalue weighted by Gasteiger charge is 2.22. The number of methoxy groups -OCH3 is 1. The summed E-state index contributed by atoms with van der Waals surface area (Å²) in [5.74, 6) is -0.317. The number of ketones is 1. The van der Waals surface area contributed by atoms with Crippen molar-refractivity contribution in [1.29, 1.82) is 0 Å². The Bertz CT molecular complexity index is 385. The molecule has 0 saturated heterocycles.